The smallest absolute Gasteiger partial charge is 0.0233 e. The van der Waals surface area contributed by atoms with Crippen molar-refractivity contribution >= 4 is 66.8 Å². The fourth-order valence-corrected chi connectivity index (χ4v) is 15.1. The molecule has 746 valence electrons. The second kappa shape index (κ2) is 74.9. The molecule has 16 nitrogen and oxygen atoms in total. The van der Waals surface area contributed by atoms with Crippen LogP contribution in [0.25, 0.3) is 66.8 Å². The van der Waals surface area contributed by atoms with Crippen molar-refractivity contribution in [2.75, 3.05) is 144 Å². The lowest BCUT2D eigenvalue weighted by molar-refractivity contribution is 0.259. The van der Waals surface area contributed by atoms with Crippen LogP contribution in [0.3, 0.4) is 0 Å². The van der Waals surface area contributed by atoms with Gasteiger partial charge in [-0.2, -0.15) is 0 Å². The molecule has 0 spiro atoms. The number of nitrogens with two attached hydrogens (primary N) is 2. The highest BCUT2D eigenvalue weighted by molar-refractivity contribution is 5.54. The zero-order valence-electron chi connectivity index (χ0n) is 84.7. The highest BCUT2D eigenvalue weighted by Gasteiger charge is 2.11. The number of rotatable bonds is 68. The van der Waals surface area contributed by atoms with Crippen LogP contribution in [0.4, 0.5) is 0 Å². The molecule has 11 rings (SSSR count). The summed E-state index contributed by atoms with van der Waals surface area (Å²) in [4.78, 5) is 7.42. The molecule has 0 atom stereocenters. The maximum Gasteiger partial charge on any atom is 0.0233 e. The second-order valence-electron chi connectivity index (χ2n) is 34.9. The molecule has 0 aliphatic rings. The standard InChI is InChI=1S/C33H42N4.C24H34N4.2C24H33N3.C20H24N2/c1-4-28-7-13-31(14-8-28)25-34-19-22-37(23-20-35-26-32-15-9-29(5-2)10-16-32)24-21-36-27-33-17-11-30(6-3)12-18-33;1-3-21-5-9-23(10-6-21)19-26-14-17-28(16-13-25)18-15-27-20-24-11-7-22(4-2)8-12-24;1-3-21-7-11-23(12-8-21)19-26-16-6-18-27(17-5-15-25)20-24-13-9-22(4-2)10-14-24;1-3-21-7-11-23(12-8-21)19-26-17-5-15-25-16-6-18-27-20-24-13-9-22(4-2)10-14-24;1-3-17-5-9-19(10-6-17)15-21-13-14-22-16-20-11-7-18(4-2)8-12-20/h4-18,34-36H,1-3,19-27H2;3-12,26-27H,1-2,13-20,25H2;3-4,7-14,26H,1-2,5-6,15-20,25H2;3-4,7-14,25-27H,1-2,5-6,15-20H2;3-12,21-22H,1-2,13-16H2. The Labute approximate surface area is 849 Å². The molecule has 0 aliphatic carbocycles. The number of hydrogen-bond acceptors (Lipinski definition) is 16. The van der Waals surface area contributed by atoms with E-state index in [1.54, 1.807) is 0 Å². The average molecular weight is 1890 g/mol. The van der Waals surface area contributed by atoms with Gasteiger partial charge in [-0.25, -0.2) is 0 Å². The van der Waals surface area contributed by atoms with E-state index in [4.69, 9.17) is 11.5 Å². The quantitative estimate of drug-likeness (QED) is 0.0161. The van der Waals surface area contributed by atoms with E-state index in [1.165, 1.54) is 72.3 Å². The summed E-state index contributed by atoms with van der Waals surface area (Å²) in [5.74, 6) is 0. The number of benzene rings is 11. The van der Waals surface area contributed by atoms with Gasteiger partial charge in [0.15, 0.2) is 0 Å². The molecule has 16 heteroatoms. The Hall–Kier alpha value is -12.1. The van der Waals surface area contributed by atoms with Crippen molar-refractivity contribution in [2.24, 2.45) is 11.5 Å². The van der Waals surface area contributed by atoms with Crippen LogP contribution in [0.1, 0.15) is 148 Å². The van der Waals surface area contributed by atoms with Gasteiger partial charge in [0.1, 0.15) is 0 Å². The van der Waals surface area contributed by atoms with Gasteiger partial charge in [-0.15, -0.1) is 0 Å². The molecule has 0 aromatic heterocycles. The van der Waals surface area contributed by atoms with Gasteiger partial charge in [0, 0.05) is 164 Å². The molecule has 0 radical (unpaired) electrons. The Morgan fingerprint density at radius 3 is 0.511 bits per heavy atom. The lowest BCUT2D eigenvalue weighted by Crippen LogP contribution is -2.40. The summed E-state index contributed by atoms with van der Waals surface area (Å²) >= 11 is 0. The predicted molar refractivity (Wildman–Crippen MR) is 617 cm³/mol. The van der Waals surface area contributed by atoms with Crippen LogP contribution in [0, 0.1) is 0 Å². The van der Waals surface area contributed by atoms with Crippen molar-refractivity contribution in [1.82, 2.24) is 73.2 Å². The first kappa shape index (κ1) is 116. The van der Waals surface area contributed by atoms with E-state index in [0.717, 1.165) is 285 Å². The minimum atomic E-state index is 0.687. The highest BCUT2D eigenvalue weighted by Crippen LogP contribution is 2.16. The van der Waals surface area contributed by atoms with Crippen molar-refractivity contribution in [3.05, 3.63) is 462 Å². The molecule has 0 saturated heterocycles. The van der Waals surface area contributed by atoms with Crippen LogP contribution in [-0.2, 0) is 72.0 Å². The van der Waals surface area contributed by atoms with Gasteiger partial charge in [-0.1, -0.05) is 406 Å². The van der Waals surface area contributed by atoms with Crippen LogP contribution >= 0.6 is 0 Å². The van der Waals surface area contributed by atoms with Crippen LogP contribution < -0.4 is 70.0 Å². The van der Waals surface area contributed by atoms with E-state index in [1.807, 2.05) is 66.8 Å². The van der Waals surface area contributed by atoms with Crippen molar-refractivity contribution in [1.29, 1.82) is 0 Å². The molecule has 0 fully saturated rings. The zero-order chi connectivity index (χ0) is 100. The summed E-state index contributed by atoms with van der Waals surface area (Å²) in [6.07, 6.45) is 25.1. The fourth-order valence-electron chi connectivity index (χ4n) is 15.1. The predicted octanol–water partition coefficient (Wildman–Crippen LogP) is 21.1. The first-order chi connectivity index (χ1) is 69.3. The molecule has 11 aromatic rings. The van der Waals surface area contributed by atoms with E-state index in [-0.39, 0.29) is 0 Å². The first-order valence-electron chi connectivity index (χ1n) is 50.5. The molecule has 0 heterocycles. The van der Waals surface area contributed by atoms with E-state index in [9.17, 15) is 0 Å². The zero-order valence-corrected chi connectivity index (χ0v) is 84.7. The number of hydrogen-bond donors (Lipinski definition) is 13. The molecule has 0 aliphatic heterocycles. The van der Waals surface area contributed by atoms with Gasteiger partial charge in [-0.3, -0.25) is 14.7 Å². The van der Waals surface area contributed by atoms with Gasteiger partial charge in [-0.05, 0) is 200 Å². The Bertz CT molecular complexity index is 4870. The SMILES string of the molecule is C=Cc1ccc(CNCCCN(CCCN)Cc2ccc(C=C)cc2)cc1.C=Cc1ccc(CNCCCNCCCNCc2ccc(C=C)cc2)cc1.C=Cc1ccc(CNCCN(CCN)CCNCc2ccc(C=C)cc2)cc1.C=Cc1ccc(CNCCN(CCNCc2ccc(C=C)cc2)CCNCc2ccc(C=C)cc2)cc1.C=Cc1ccc(CNCCNCc2ccc(C=C)cc2)cc1. The van der Waals surface area contributed by atoms with Gasteiger partial charge in [0.05, 0.1) is 0 Å². The van der Waals surface area contributed by atoms with Crippen LogP contribution in [0.2, 0.25) is 0 Å². The fraction of sp³-hybridized carbons (Fsp3) is 0.296. The Kier molecular flexibility index (Phi) is 61.5. The van der Waals surface area contributed by atoms with Gasteiger partial charge in [0.25, 0.3) is 0 Å². The minimum absolute atomic E-state index is 0.687. The van der Waals surface area contributed by atoms with Gasteiger partial charge >= 0.3 is 0 Å². The third-order valence-corrected chi connectivity index (χ3v) is 23.9. The lowest BCUT2D eigenvalue weighted by Gasteiger charge is -2.23. The normalized spacial score (nSPS) is 10.8. The number of nitrogens with zero attached hydrogens (tertiary/aromatic N) is 3. The van der Waals surface area contributed by atoms with E-state index < -0.39 is 0 Å². The Morgan fingerprint density at radius 1 is 0.156 bits per heavy atom. The van der Waals surface area contributed by atoms with Crippen LogP contribution in [0.15, 0.2) is 339 Å². The maximum absolute atomic E-state index is 5.78. The summed E-state index contributed by atoms with van der Waals surface area (Å²) in [5.41, 5.74) is 38.6. The van der Waals surface area contributed by atoms with Crippen LogP contribution in [-0.4, -0.2) is 159 Å². The molecule has 0 amide bonds. The lowest BCUT2D eigenvalue weighted by atomic mass is 10.1. The molecule has 15 N–H and O–H groups in total. The third kappa shape index (κ3) is 52.3. The maximum atomic E-state index is 5.78. The molecule has 11 aromatic carbocycles. The largest absolute Gasteiger partial charge is 0.330 e. The van der Waals surface area contributed by atoms with E-state index in [0.29, 0.717) is 6.54 Å². The van der Waals surface area contributed by atoms with Crippen molar-refractivity contribution in [3.8, 4) is 0 Å². The third-order valence-electron chi connectivity index (χ3n) is 23.9. The molecule has 0 bridgehead atoms. The Balaban J connectivity index is 0.000000242. The van der Waals surface area contributed by atoms with E-state index >= 15 is 0 Å². The van der Waals surface area contributed by atoms with Gasteiger partial charge < -0.3 is 70.0 Å². The minimum Gasteiger partial charge on any atom is -0.330 e. The molecular weight excluding hydrogens is 1730 g/mol. The second-order valence-corrected chi connectivity index (χ2v) is 34.9. The molecule has 0 unspecified atom stereocenters. The van der Waals surface area contributed by atoms with Crippen molar-refractivity contribution < 1.29 is 0 Å². The van der Waals surface area contributed by atoms with E-state index in [2.05, 4.69) is 412 Å². The molecular formula is C125H166N16. The van der Waals surface area contributed by atoms with Crippen molar-refractivity contribution in [2.45, 2.75) is 97.7 Å². The van der Waals surface area contributed by atoms with Crippen molar-refractivity contribution in [3.63, 3.8) is 0 Å². The summed E-state index contributed by atoms with van der Waals surface area (Å²) in [6, 6.07) is 93.8. The Morgan fingerprint density at radius 2 is 0.319 bits per heavy atom. The summed E-state index contributed by atoms with van der Waals surface area (Å²) in [5, 5.41) is 38.8. The summed E-state index contributed by atoms with van der Waals surface area (Å²) in [7, 11) is 0. The summed E-state index contributed by atoms with van der Waals surface area (Å²) < 4.78 is 0. The topological polar surface area (TPSA) is 194 Å². The molecule has 141 heavy (non-hydrogen) atoms. The highest BCUT2D eigenvalue weighted by atomic mass is 15.2. The number of nitrogens with one attached hydrogen (secondary N) is 11. The van der Waals surface area contributed by atoms with Crippen LogP contribution in [0.5, 0.6) is 0 Å². The first-order valence-corrected chi connectivity index (χ1v) is 50.5. The van der Waals surface area contributed by atoms with Gasteiger partial charge in [0.2, 0.25) is 0 Å². The summed E-state index contributed by atoms with van der Waals surface area (Å²) in [6.45, 7) is 73.0. The molecule has 0 saturated carbocycles. The average Bonchev–Trinajstić information content (AvgIpc) is 0.934. The monoisotopic (exact) mass is 1890 g/mol.